The van der Waals surface area contributed by atoms with E-state index in [1.54, 1.807) is 0 Å². The van der Waals surface area contributed by atoms with Crippen LogP contribution in [0.15, 0.2) is 107 Å². The largest absolute Gasteiger partial charge is 0.448 e. The molecule has 2 aromatic carbocycles. The summed E-state index contributed by atoms with van der Waals surface area (Å²) in [6, 6.07) is 21.6. The van der Waals surface area contributed by atoms with Gasteiger partial charge in [0.05, 0.1) is 46.5 Å². The van der Waals surface area contributed by atoms with Crippen molar-refractivity contribution in [2.24, 2.45) is 0 Å². The number of benzene rings is 2. The molecule has 0 aliphatic rings. The van der Waals surface area contributed by atoms with E-state index >= 15 is 0 Å². The van der Waals surface area contributed by atoms with E-state index in [1.165, 1.54) is 49.2 Å². The lowest BCUT2D eigenvalue weighted by Gasteiger charge is -2.14. The molecule has 17 heteroatoms. The van der Waals surface area contributed by atoms with Gasteiger partial charge in [-0.05, 0) is 68.4 Å². The highest BCUT2D eigenvalue weighted by molar-refractivity contribution is 5.92. The number of amides is 2. The Morgan fingerprint density at radius 1 is 0.607 bits per heavy atom. The number of nitrogens with one attached hydrogen (secondary N) is 4. The van der Waals surface area contributed by atoms with Crippen molar-refractivity contribution in [2.75, 3.05) is 20.1 Å². The van der Waals surface area contributed by atoms with Crippen molar-refractivity contribution in [1.29, 1.82) is 0 Å². The second-order valence-electron chi connectivity index (χ2n) is 14.2. The molecule has 15 nitrogen and oxygen atoms in total. The molecule has 0 aliphatic carbocycles. The van der Waals surface area contributed by atoms with E-state index in [0.29, 0.717) is 24.6 Å². The molecule has 4 N–H and O–H groups in total. The normalized spacial score (nSPS) is 11.2. The van der Waals surface area contributed by atoms with Crippen molar-refractivity contribution >= 4 is 33.9 Å². The number of hydrogen-bond donors (Lipinski definition) is 4. The van der Waals surface area contributed by atoms with Crippen LogP contribution in [0.25, 0.3) is 22.1 Å². The van der Waals surface area contributed by atoms with Gasteiger partial charge in [-0.15, -0.1) is 0 Å². The van der Waals surface area contributed by atoms with Gasteiger partial charge < -0.3 is 34.3 Å². The van der Waals surface area contributed by atoms with Crippen LogP contribution in [0.3, 0.4) is 0 Å². The lowest BCUT2D eigenvalue weighted by molar-refractivity contribution is 0.0937. The molecular weight excluding hydrogens is 785 g/mol. The highest BCUT2D eigenvalue weighted by Crippen LogP contribution is 2.15. The van der Waals surface area contributed by atoms with E-state index in [4.69, 9.17) is 8.83 Å². The van der Waals surface area contributed by atoms with Crippen molar-refractivity contribution < 1.29 is 27.2 Å². The van der Waals surface area contributed by atoms with Gasteiger partial charge in [0, 0.05) is 51.2 Å². The van der Waals surface area contributed by atoms with E-state index in [0.717, 1.165) is 78.9 Å². The number of H-pyrrole nitrogens is 2. The molecule has 8 aromatic rings. The maximum absolute atomic E-state index is 13.6. The topological polar surface area (TPSA) is 197 Å². The molecule has 8 rings (SSSR count). The van der Waals surface area contributed by atoms with E-state index in [2.05, 4.69) is 55.4 Å². The summed E-state index contributed by atoms with van der Waals surface area (Å²) in [5.41, 5.74) is 4.75. The molecule has 0 aliphatic heterocycles. The molecule has 0 atom stereocenters. The number of aromatic nitrogens is 8. The van der Waals surface area contributed by atoms with Crippen molar-refractivity contribution in [3.63, 3.8) is 0 Å². The van der Waals surface area contributed by atoms with Crippen molar-refractivity contribution in [1.82, 2.24) is 55.4 Å². The molecular formula is C44H45F2N11O4. The smallest absolute Gasteiger partial charge is 0.273 e. The number of carbonyl (C=O) groups excluding carboxylic acids is 2. The van der Waals surface area contributed by atoms with Gasteiger partial charge in [-0.1, -0.05) is 30.7 Å². The number of oxazole rings is 2. The molecule has 6 heterocycles. The Kier molecular flexibility index (Phi) is 14.3. The molecule has 2 amide bonds. The molecule has 0 bridgehead atoms. The number of unbranched alkanes of at least 4 members (excludes halogenated alkanes) is 2. The zero-order valence-electron chi connectivity index (χ0n) is 33.5. The standard InChI is InChI=1S/C22H23FN6O2.C22H22FN5O2/c1-29(11-8-20-26-16-6-2-3-7-17(16)27-20)12-9-21-28-19(14-31-21)22(30)25-13-18-15(23)5-4-10-24-18;23-15-7-6-12-24-18(15)13-25-22(29)19-14-30-21(28-19)11-3-1-2-10-20-26-16-8-4-5-9-17(16)27-20/h2-7,10,14H,8-9,11-13H2,1H3,(H,25,30)(H,26,27);4-9,12,14H,1-3,10-11,13H2,(H,25,29)(H,26,27). The molecule has 0 radical (unpaired) electrons. The van der Waals surface area contributed by atoms with E-state index in [-0.39, 0.29) is 35.9 Å². The maximum Gasteiger partial charge on any atom is 0.273 e. The summed E-state index contributed by atoms with van der Waals surface area (Å²) >= 11 is 0. The SMILES string of the molecule is CN(CCc1nc2ccccc2[nH]1)CCc1nc(C(=O)NCc2ncccc2F)co1.O=C(NCc1ncccc1F)c1coc(CCCCCc2nc3ccccc3[nH]2)n1. The predicted molar refractivity (Wildman–Crippen MR) is 222 cm³/mol. The molecule has 0 saturated heterocycles. The van der Waals surface area contributed by atoms with Crippen LogP contribution in [-0.2, 0) is 38.8 Å². The van der Waals surface area contributed by atoms with E-state index in [9.17, 15) is 18.4 Å². The van der Waals surface area contributed by atoms with Crippen LogP contribution in [0.4, 0.5) is 8.78 Å². The maximum atomic E-state index is 13.6. The lowest BCUT2D eigenvalue weighted by Crippen LogP contribution is -2.25. The first kappa shape index (κ1) is 42.0. The molecule has 61 heavy (non-hydrogen) atoms. The average molecular weight is 830 g/mol. The fourth-order valence-corrected chi connectivity index (χ4v) is 6.35. The van der Waals surface area contributed by atoms with Gasteiger partial charge in [-0.3, -0.25) is 19.6 Å². The van der Waals surface area contributed by atoms with Gasteiger partial charge in [0.15, 0.2) is 23.2 Å². The number of aryl methyl sites for hydroxylation is 2. The van der Waals surface area contributed by atoms with Crippen molar-refractivity contribution in [3.8, 4) is 0 Å². The molecule has 0 saturated carbocycles. The number of hydrogen-bond acceptors (Lipinski definition) is 11. The van der Waals surface area contributed by atoms with Crippen molar-refractivity contribution in [2.45, 2.75) is 58.0 Å². The van der Waals surface area contributed by atoms with Crippen LogP contribution in [0.1, 0.15) is 75.1 Å². The average Bonchev–Trinajstić information content (AvgIpc) is 4.11. The van der Waals surface area contributed by atoms with E-state index in [1.807, 2.05) is 55.6 Å². The van der Waals surface area contributed by atoms with Gasteiger partial charge in [-0.2, -0.15) is 0 Å². The fourth-order valence-electron chi connectivity index (χ4n) is 6.35. The second-order valence-corrected chi connectivity index (χ2v) is 14.2. The first-order valence-corrected chi connectivity index (χ1v) is 20.0. The molecule has 6 aromatic heterocycles. The molecule has 314 valence electrons. The number of aromatic amines is 2. The Balaban J connectivity index is 0.000000184. The third-order valence-corrected chi connectivity index (χ3v) is 9.69. The Labute approximate surface area is 349 Å². The molecule has 0 spiro atoms. The highest BCUT2D eigenvalue weighted by atomic mass is 19.1. The third-order valence-electron chi connectivity index (χ3n) is 9.69. The predicted octanol–water partition coefficient (Wildman–Crippen LogP) is 6.70. The number of carbonyl (C=O) groups is 2. The molecule has 0 fully saturated rings. The quantitative estimate of drug-likeness (QED) is 0.0672. The third kappa shape index (κ3) is 12.0. The highest BCUT2D eigenvalue weighted by Gasteiger charge is 2.15. The minimum atomic E-state index is -0.464. The molecule has 0 unspecified atom stereocenters. The number of imidazole rings is 2. The van der Waals surface area contributed by atoms with Crippen LogP contribution < -0.4 is 10.6 Å². The Bertz CT molecular complexity index is 2610. The summed E-state index contributed by atoms with van der Waals surface area (Å²) in [6.07, 6.45) is 11.4. The minimum Gasteiger partial charge on any atom is -0.448 e. The summed E-state index contributed by atoms with van der Waals surface area (Å²) in [4.78, 5) is 58.6. The van der Waals surface area contributed by atoms with Gasteiger partial charge >= 0.3 is 0 Å². The first-order valence-electron chi connectivity index (χ1n) is 20.0. The van der Waals surface area contributed by atoms with Crippen LogP contribution in [0.2, 0.25) is 0 Å². The number of fused-ring (bicyclic) bond motifs is 2. The summed E-state index contributed by atoms with van der Waals surface area (Å²) in [5, 5.41) is 5.20. The van der Waals surface area contributed by atoms with Crippen molar-refractivity contribution in [3.05, 3.63) is 156 Å². The van der Waals surface area contributed by atoms with Gasteiger partial charge in [0.25, 0.3) is 11.8 Å². The zero-order valence-corrected chi connectivity index (χ0v) is 33.5. The summed E-state index contributed by atoms with van der Waals surface area (Å²) < 4.78 is 37.9. The summed E-state index contributed by atoms with van der Waals surface area (Å²) in [7, 11) is 2.01. The van der Waals surface area contributed by atoms with Crippen LogP contribution >= 0.6 is 0 Å². The van der Waals surface area contributed by atoms with Gasteiger partial charge in [0.1, 0.15) is 35.8 Å². The number of halogens is 2. The Hall–Kier alpha value is -7.14. The first-order chi connectivity index (χ1) is 29.8. The summed E-state index contributed by atoms with van der Waals surface area (Å²) in [6.45, 7) is 1.53. The number of likely N-dealkylation sites (N-methyl/N-ethyl adjacent to an activating group) is 1. The zero-order chi connectivity index (χ0) is 42.4. The monoisotopic (exact) mass is 829 g/mol. The van der Waals surface area contributed by atoms with Crippen LogP contribution in [-0.4, -0.2) is 76.7 Å². The van der Waals surface area contributed by atoms with Gasteiger partial charge in [-0.25, -0.2) is 28.7 Å². The van der Waals surface area contributed by atoms with Crippen LogP contribution in [0, 0.1) is 11.6 Å². The van der Waals surface area contributed by atoms with E-state index < -0.39 is 23.4 Å². The number of pyridine rings is 2. The number of nitrogens with zero attached hydrogens (tertiary/aromatic N) is 7. The second kappa shape index (κ2) is 20.7. The minimum absolute atomic E-state index is 0.00447. The Morgan fingerprint density at radius 3 is 1.64 bits per heavy atom. The fraction of sp³-hybridized carbons (Fsp3) is 0.273. The summed E-state index contributed by atoms with van der Waals surface area (Å²) in [5.74, 6) is 1.18. The lowest BCUT2D eigenvalue weighted by atomic mass is 10.1. The van der Waals surface area contributed by atoms with Gasteiger partial charge in [0.2, 0.25) is 0 Å². The number of para-hydroxylation sites is 4. The number of rotatable bonds is 18. The Morgan fingerprint density at radius 2 is 1.10 bits per heavy atom. The van der Waals surface area contributed by atoms with Crippen LogP contribution in [0.5, 0.6) is 0 Å².